The predicted molar refractivity (Wildman–Crippen MR) is 118 cm³/mol. The second kappa shape index (κ2) is 12.0. The molecule has 0 aliphatic carbocycles. The molecule has 0 heterocycles. The van der Waals surface area contributed by atoms with E-state index in [1.165, 1.54) is 13.2 Å². The molecule has 0 saturated carbocycles. The number of carbonyl (C=O) groups excluding carboxylic acids is 2. The van der Waals surface area contributed by atoms with Crippen LogP contribution in [0.15, 0.2) is 42.5 Å². The Labute approximate surface area is 187 Å². The fourth-order valence-corrected chi connectivity index (χ4v) is 3.28. The van der Waals surface area contributed by atoms with Crippen LogP contribution in [0.3, 0.4) is 0 Å². The number of ether oxygens (including phenoxy) is 2. The van der Waals surface area contributed by atoms with Gasteiger partial charge in [-0.1, -0.05) is 38.1 Å². The molecule has 0 aliphatic rings. The number of carbonyl (C=O) groups is 2. The lowest BCUT2D eigenvalue weighted by Gasteiger charge is -2.21. The van der Waals surface area contributed by atoms with Crippen molar-refractivity contribution in [3.05, 3.63) is 59.2 Å². The first-order valence-electron chi connectivity index (χ1n) is 10.5. The standard InChI is InChI=1S/C24H30F2N2O4/c1-15(2)13-19(28-22(29)18-8-6-5-7-16(18)3)23(30)27-12-11-17-9-10-20(32-24(25)26)21(14-17)31-4/h5-10,14-15,19,24H,11-13H2,1-4H3,(H,27,30)(H,28,29). The second-order valence-corrected chi connectivity index (χ2v) is 7.88. The van der Waals surface area contributed by atoms with Crippen LogP contribution in [0.4, 0.5) is 8.78 Å². The van der Waals surface area contributed by atoms with Gasteiger partial charge in [-0.15, -0.1) is 0 Å². The summed E-state index contributed by atoms with van der Waals surface area (Å²) in [5, 5.41) is 5.69. The van der Waals surface area contributed by atoms with Gasteiger partial charge in [0.05, 0.1) is 7.11 Å². The molecule has 0 aromatic heterocycles. The average molecular weight is 449 g/mol. The molecule has 8 heteroatoms. The number of hydrogen-bond acceptors (Lipinski definition) is 4. The zero-order valence-electron chi connectivity index (χ0n) is 18.8. The number of hydrogen-bond donors (Lipinski definition) is 2. The van der Waals surface area contributed by atoms with Crippen LogP contribution in [0.25, 0.3) is 0 Å². The van der Waals surface area contributed by atoms with Crippen LogP contribution in [0.1, 0.15) is 41.8 Å². The number of aryl methyl sites for hydroxylation is 1. The third-order valence-electron chi connectivity index (χ3n) is 4.88. The lowest BCUT2D eigenvalue weighted by Crippen LogP contribution is -2.48. The molecule has 174 valence electrons. The van der Waals surface area contributed by atoms with Gasteiger partial charge < -0.3 is 20.1 Å². The number of nitrogens with one attached hydrogen (secondary N) is 2. The molecule has 0 radical (unpaired) electrons. The van der Waals surface area contributed by atoms with E-state index in [1.807, 2.05) is 32.9 Å². The van der Waals surface area contributed by atoms with Gasteiger partial charge in [0.25, 0.3) is 5.91 Å². The highest BCUT2D eigenvalue weighted by atomic mass is 19.3. The van der Waals surface area contributed by atoms with Gasteiger partial charge in [-0.05, 0) is 55.0 Å². The Hall–Kier alpha value is -3.16. The van der Waals surface area contributed by atoms with Crippen molar-refractivity contribution in [2.24, 2.45) is 5.92 Å². The van der Waals surface area contributed by atoms with E-state index in [9.17, 15) is 18.4 Å². The maximum atomic E-state index is 12.8. The zero-order valence-corrected chi connectivity index (χ0v) is 18.8. The van der Waals surface area contributed by atoms with Crippen LogP contribution in [0, 0.1) is 12.8 Å². The summed E-state index contributed by atoms with van der Waals surface area (Å²) in [5.74, 6) is -0.216. The van der Waals surface area contributed by atoms with E-state index in [4.69, 9.17) is 4.74 Å². The van der Waals surface area contributed by atoms with Crippen molar-refractivity contribution in [1.29, 1.82) is 0 Å². The number of methoxy groups -OCH3 is 1. The van der Waals surface area contributed by atoms with Crippen molar-refractivity contribution in [2.75, 3.05) is 13.7 Å². The second-order valence-electron chi connectivity index (χ2n) is 7.88. The maximum absolute atomic E-state index is 12.8. The fraction of sp³-hybridized carbons (Fsp3) is 0.417. The SMILES string of the molecule is COc1cc(CCNC(=O)C(CC(C)C)NC(=O)c2ccccc2C)ccc1OC(F)F. The van der Waals surface area contributed by atoms with Gasteiger partial charge >= 0.3 is 6.61 Å². The molecule has 1 atom stereocenters. The summed E-state index contributed by atoms with van der Waals surface area (Å²) in [4.78, 5) is 25.4. The molecule has 0 spiro atoms. The van der Waals surface area contributed by atoms with Crippen LogP contribution >= 0.6 is 0 Å². The van der Waals surface area contributed by atoms with E-state index in [0.29, 0.717) is 24.9 Å². The lowest BCUT2D eigenvalue weighted by atomic mass is 10.0. The first-order chi connectivity index (χ1) is 15.2. The number of rotatable bonds is 11. The normalized spacial score (nSPS) is 11.9. The number of halogens is 2. The highest BCUT2D eigenvalue weighted by Crippen LogP contribution is 2.29. The Morgan fingerprint density at radius 1 is 1.06 bits per heavy atom. The Bertz CT molecular complexity index is 919. The minimum Gasteiger partial charge on any atom is -0.493 e. The van der Waals surface area contributed by atoms with Crippen LogP contribution in [0.5, 0.6) is 11.5 Å². The third kappa shape index (κ3) is 7.51. The summed E-state index contributed by atoms with van der Waals surface area (Å²) in [7, 11) is 1.37. The largest absolute Gasteiger partial charge is 0.493 e. The summed E-state index contributed by atoms with van der Waals surface area (Å²) in [5.41, 5.74) is 2.15. The minimum absolute atomic E-state index is 0.0498. The van der Waals surface area contributed by atoms with Crippen molar-refractivity contribution >= 4 is 11.8 Å². The topological polar surface area (TPSA) is 76.7 Å². The lowest BCUT2D eigenvalue weighted by molar-refractivity contribution is -0.123. The first-order valence-corrected chi connectivity index (χ1v) is 10.5. The Kier molecular flexibility index (Phi) is 9.43. The number of alkyl halides is 2. The van der Waals surface area contributed by atoms with Crippen molar-refractivity contribution in [3.63, 3.8) is 0 Å². The van der Waals surface area contributed by atoms with Gasteiger partial charge in [0.2, 0.25) is 5.91 Å². The third-order valence-corrected chi connectivity index (χ3v) is 4.88. The smallest absolute Gasteiger partial charge is 0.387 e. The monoisotopic (exact) mass is 448 g/mol. The molecule has 0 bridgehead atoms. The van der Waals surface area contributed by atoms with Crippen molar-refractivity contribution in [2.45, 2.75) is 46.3 Å². The highest BCUT2D eigenvalue weighted by molar-refractivity contribution is 5.98. The zero-order chi connectivity index (χ0) is 23.7. The maximum Gasteiger partial charge on any atom is 0.387 e. The molecule has 0 fully saturated rings. The van der Waals surface area contributed by atoms with Crippen LogP contribution in [0.2, 0.25) is 0 Å². The summed E-state index contributed by atoms with van der Waals surface area (Å²) in [6.07, 6.45) is 0.953. The van der Waals surface area contributed by atoms with Gasteiger partial charge in [0.15, 0.2) is 11.5 Å². The van der Waals surface area contributed by atoms with Crippen molar-refractivity contribution < 1.29 is 27.8 Å². The molecule has 0 saturated heterocycles. The molecule has 2 N–H and O–H groups in total. The molecule has 6 nitrogen and oxygen atoms in total. The van der Waals surface area contributed by atoms with Crippen molar-refractivity contribution in [3.8, 4) is 11.5 Å². The van der Waals surface area contributed by atoms with Crippen LogP contribution < -0.4 is 20.1 Å². The van der Waals surface area contributed by atoms with E-state index in [-0.39, 0.29) is 29.2 Å². The predicted octanol–water partition coefficient (Wildman–Crippen LogP) is 4.11. The van der Waals surface area contributed by atoms with Gasteiger partial charge in [-0.3, -0.25) is 9.59 Å². The molecular weight excluding hydrogens is 418 g/mol. The minimum atomic E-state index is -2.94. The molecular formula is C24H30F2N2O4. The summed E-state index contributed by atoms with van der Waals surface area (Å²) < 4.78 is 34.4. The molecule has 0 aliphatic heterocycles. The quantitative estimate of drug-likeness (QED) is 0.543. The van der Waals surface area contributed by atoms with Crippen LogP contribution in [-0.4, -0.2) is 38.1 Å². The summed E-state index contributed by atoms with van der Waals surface area (Å²) in [6.45, 7) is 3.18. The van der Waals surface area contributed by atoms with E-state index in [2.05, 4.69) is 15.4 Å². The number of amides is 2. The molecule has 2 rings (SSSR count). The fourth-order valence-electron chi connectivity index (χ4n) is 3.28. The summed E-state index contributed by atoms with van der Waals surface area (Å²) >= 11 is 0. The van der Waals surface area contributed by atoms with Gasteiger partial charge in [-0.25, -0.2) is 0 Å². The Balaban J connectivity index is 1.98. The van der Waals surface area contributed by atoms with Gasteiger partial charge in [-0.2, -0.15) is 8.78 Å². The van der Waals surface area contributed by atoms with E-state index >= 15 is 0 Å². The molecule has 2 aromatic carbocycles. The molecule has 2 amide bonds. The molecule has 1 unspecified atom stereocenters. The first kappa shape index (κ1) is 25.1. The molecule has 32 heavy (non-hydrogen) atoms. The van der Waals surface area contributed by atoms with Gasteiger partial charge in [0.1, 0.15) is 6.04 Å². The number of benzene rings is 2. The van der Waals surface area contributed by atoms with Gasteiger partial charge in [0, 0.05) is 12.1 Å². The van der Waals surface area contributed by atoms with E-state index < -0.39 is 12.7 Å². The van der Waals surface area contributed by atoms with E-state index in [1.54, 1.807) is 24.3 Å². The molecule has 2 aromatic rings. The Morgan fingerprint density at radius 3 is 2.41 bits per heavy atom. The summed E-state index contributed by atoms with van der Waals surface area (Å²) in [6, 6.07) is 11.2. The van der Waals surface area contributed by atoms with Crippen LogP contribution in [-0.2, 0) is 11.2 Å². The highest BCUT2D eigenvalue weighted by Gasteiger charge is 2.23. The van der Waals surface area contributed by atoms with E-state index in [0.717, 1.165) is 11.1 Å². The van der Waals surface area contributed by atoms with Crippen molar-refractivity contribution in [1.82, 2.24) is 10.6 Å². The Morgan fingerprint density at radius 2 is 1.78 bits per heavy atom. The average Bonchev–Trinajstić information content (AvgIpc) is 2.73.